The molecule has 0 saturated carbocycles. The lowest BCUT2D eigenvalue weighted by Gasteiger charge is -2.13. The van der Waals surface area contributed by atoms with Crippen molar-refractivity contribution in [1.29, 1.82) is 0 Å². The molecule has 6 nitrogen and oxygen atoms in total. The summed E-state index contributed by atoms with van der Waals surface area (Å²) < 4.78 is 24.9. The van der Waals surface area contributed by atoms with Gasteiger partial charge in [-0.25, -0.2) is 18.2 Å². The minimum Gasteiger partial charge on any atom is -0.300 e. The monoisotopic (exact) mass is 398 g/mol. The SMILES string of the molecule is CCCN(C)Cc1cc(Cc2ccccc2)n(-c2ccc(S(N)(=O)=O)cc2)n1. The molecule has 0 aliphatic heterocycles. The van der Waals surface area contributed by atoms with Gasteiger partial charge >= 0.3 is 0 Å². The van der Waals surface area contributed by atoms with E-state index in [4.69, 9.17) is 10.2 Å². The van der Waals surface area contributed by atoms with Gasteiger partial charge in [-0.1, -0.05) is 37.3 Å². The molecule has 28 heavy (non-hydrogen) atoms. The number of rotatable bonds is 8. The summed E-state index contributed by atoms with van der Waals surface area (Å²) in [7, 11) is -1.63. The summed E-state index contributed by atoms with van der Waals surface area (Å²) in [5, 5.41) is 9.99. The van der Waals surface area contributed by atoms with Gasteiger partial charge in [0.1, 0.15) is 0 Å². The first-order valence-corrected chi connectivity index (χ1v) is 10.8. The van der Waals surface area contributed by atoms with Crippen molar-refractivity contribution in [3.8, 4) is 5.69 Å². The number of sulfonamides is 1. The second-order valence-corrected chi connectivity index (χ2v) is 8.54. The first-order chi connectivity index (χ1) is 13.4. The number of nitrogens with two attached hydrogens (primary N) is 1. The van der Waals surface area contributed by atoms with Crippen molar-refractivity contribution in [3.63, 3.8) is 0 Å². The molecule has 1 aromatic heterocycles. The summed E-state index contributed by atoms with van der Waals surface area (Å²) in [4.78, 5) is 2.33. The minimum absolute atomic E-state index is 0.0934. The third-order valence-corrected chi connectivity index (χ3v) is 5.44. The Hall–Kier alpha value is -2.48. The van der Waals surface area contributed by atoms with E-state index in [1.54, 1.807) is 12.1 Å². The number of primary sulfonamides is 1. The summed E-state index contributed by atoms with van der Waals surface area (Å²) in [5.41, 5.74) is 4.04. The maximum atomic E-state index is 11.5. The average Bonchev–Trinajstić information content (AvgIpc) is 3.04. The van der Waals surface area contributed by atoms with Crippen molar-refractivity contribution >= 4 is 10.0 Å². The fourth-order valence-corrected chi connectivity index (χ4v) is 3.74. The first kappa shape index (κ1) is 20.3. The van der Waals surface area contributed by atoms with Gasteiger partial charge in [-0.3, -0.25) is 0 Å². The van der Waals surface area contributed by atoms with Gasteiger partial charge in [-0.2, -0.15) is 5.10 Å². The standard InChI is InChI=1S/C21H26N4O2S/c1-3-13-24(2)16-18-15-20(14-17-7-5-4-6-8-17)25(23-18)19-9-11-21(12-10-19)28(22,26)27/h4-12,15H,3,13-14,16H2,1-2H3,(H2,22,26,27). The average molecular weight is 399 g/mol. The summed E-state index contributed by atoms with van der Waals surface area (Å²) in [6, 6.07) is 18.8. The molecule has 0 aliphatic rings. The van der Waals surface area contributed by atoms with Crippen LogP contribution >= 0.6 is 0 Å². The van der Waals surface area contributed by atoms with E-state index in [9.17, 15) is 8.42 Å². The van der Waals surface area contributed by atoms with E-state index < -0.39 is 10.0 Å². The maximum absolute atomic E-state index is 11.5. The molecule has 0 unspecified atom stereocenters. The number of benzene rings is 2. The zero-order chi connectivity index (χ0) is 20.1. The zero-order valence-electron chi connectivity index (χ0n) is 16.2. The smallest absolute Gasteiger partial charge is 0.238 e. The predicted octanol–water partition coefficient (Wildman–Crippen LogP) is 2.95. The molecule has 2 aromatic carbocycles. The molecule has 0 spiro atoms. The van der Waals surface area contributed by atoms with E-state index in [2.05, 4.69) is 37.1 Å². The molecule has 0 saturated heterocycles. The molecule has 1 heterocycles. The fraction of sp³-hybridized carbons (Fsp3) is 0.286. The first-order valence-electron chi connectivity index (χ1n) is 9.30. The Labute approximate surface area is 166 Å². The largest absolute Gasteiger partial charge is 0.300 e. The van der Waals surface area contributed by atoms with Crippen LogP contribution in [-0.4, -0.2) is 36.7 Å². The topological polar surface area (TPSA) is 81.2 Å². The lowest BCUT2D eigenvalue weighted by molar-refractivity contribution is 0.323. The van der Waals surface area contributed by atoms with Crippen LogP contribution in [0.25, 0.3) is 5.69 Å². The summed E-state index contributed by atoms with van der Waals surface area (Å²) in [6.07, 6.45) is 1.82. The van der Waals surface area contributed by atoms with Crippen LogP contribution in [0, 0.1) is 0 Å². The van der Waals surface area contributed by atoms with E-state index in [0.717, 1.165) is 43.0 Å². The molecule has 0 aliphatic carbocycles. The number of hydrogen-bond acceptors (Lipinski definition) is 4. The quantitative estimate of drug-likeness (QED) is 0.632. The van der Waals surface area contributed by atoms with Gasteiger partial charge in [-0.15, -0.1) is 0 Å². The fourth-order valence-electron chi connectivity index (χ4n) is 3.22. The number of nitrogens with zero attached hydrogens (tertiary/aromatic N) is 3. The van der Waals surface area contributed by atoms with E-state index in [1.807, 2.05) is 22.9 Å². The Bertz CT molecular complexity index is 1010. The Balaban J connectivity index is 1.96. The van der Waals surface area contributed by atoms with Gasteiger partial charge in [0, 0.05) is 18.7 Å². The minimum atomic E-state index is -3.71. The third-order valence-electron chi connectivity index (χ3n) is 4.51. The van der Waals surface area contributed by atoms with E-state index in [0.29, 0.717) is 0 Å². The molecule has 0 atom stereocenters. The Morgan fingerprint density at radius 3 is 2.36 bits per heavy atom. The van der Waals surface area contributed by atoms with Gasteiger partial charge in [0.15, 0.2) is 0 Å². The molecule has 2 N–H and O–H groups in total. The van der Waals surface area contributed by atoms with Gasteiger partial charge in [0.2, 0.25) is 10.0 Å². The second kappa shape index (κ2) is 8.68. The molecule has 0 radical (unpaired) electrons. The van der Waals surface area contributed by atoms with Crippen LogP contribution in [0.3, 0.4) is 0 Å². The van der Waals surface area contributed by atoms with Crippen molar-refractivity contribution in [2.75, 3.05) is 13.6 Å². The molecule has 3 aromatic rings. The summed E-state index contributed by atoms with van der Waals surface area (Å²) >= 11 is 0. The lowest BCUT2D eigenvalue weighted by Crippen LogP contribution is -2.18. The highest BCUT2D eigenvalue weighted by Crippen LogP contribution is 2.19. The molecule has 0 fully saturated rings. The molecule has 0 bridgehead atoms. The van der Waals surface area contributed by atoms with Crippen molar-refractivity contribution in [1.82, 2.24) is 14.7 Å². The van der Waals surface area contributed by atoms with E-state index in [-0.39, 0.29) is 4.90 Å². The van der Waals surface area contributed by atoms with Crippen LogP contribution in [-0.2, 0) is 23.0 Å². The molecule has 7 heteroatoms. The van der Waals surface area contributed by atoms with Gasteiger partial charge < -0.3 is 4.90 Å². The second-order valence-electron chi connectivity index (χ2n) is 6.98. The molecular weight excluding hydrogens is 372 g/mol. The summed E-state index contributed by atoms with van der Waals surface area (Å²) in [6.45, 7) is 3.92. The van der Waals surface area contributed by atoms with Crippen LogP contribution in [0.2, 0.25) is 0 Å². The predicted molar refractivity (Wildman–Crippen MR) is 111 cm³/mol. The highest BCUT2D eigenvalue weighted by atomic mass is 32.2. The van der Waals surface area contributed by atoms with Crippen molar-refractivity contribution in [2.45, 2.75) is 31.2 Å². The lowest BCUT2D eigenvalue weighted by atomic mass is 10.1. The van der Waals surface area contributed by atoms with Crippen molar-refractivity contribution in [2.24, 2.45) is 5.14 Å². The van der Waals surface area contributed by atoms with Crippen molar-refractivity contribution in [3.05, 3.63) is 77.6 Å². The van der Waals surface area contributed by atoms with Crippen molar-refractivity contribution < 1.29 is 8.42 Å². The molecule has 148 valence electrons. The molecule has 3 rings (SSSR count). The highest BCUT2D eigenvalue weighted by Gasteiger charge is 2.13. The van der Waals surface area contributed by atoms with Crippen LogP contribution < -0.4 is 5.14 Å². The van der Waals surface area contributed by atoms with Crippen LogP contribution in [0.15, 0.2) is 65.6 Å². The highest BCUT2D eigenvalue weighted by molar-refractivity contribution is 7.89. The Kier molecular flexibility index (Phi) is 6.28. The van der Waals surface area contributed by atoms with E-state index in [1.165, 1.54) is 17.7 Å². The maximum Gasteiger partial charge on any atom is 0.238 e. The zero-order valence-corrected chi connectivity index (χ0v) is 17.1. The number of aromatic nitrogens is 2. The Morgan fingerprint density at radius 2 is 1.75 bits per heavy atom. The van der Waals surface area contributed by atoms with Crippen LogP contribution in [0.4, 0.5) is 0 Å². The van der Waals surface area contributed by atoms with E-state index >= 15 is 0 Å². The Morgan fingerprint density at radius 1 is 1.07 bits per heavy atom. The normalized spacial score (nSPS) is 11.9. The number of hydrogen-bond donors (Lipinski definition) is 1. The van der Waals surface area contributed by atoms with Gasteiger partial charge in [-0.05, 0) is 55.9 Å². The molecular formula is C21H26N4O2S. The molecule has 0 amide bonds. The third kappa shape index (κ3) is 5.07. The van der Waals surface area contributed by atoms with Gasteiger partial charge in [0.05, 0.1) is 16.3 Å². The van der Waals surface area contributed by atoms with Crippen LogP contribution in [0.1, 0.15) is 30.3 Å². The van der Waals surface area contributed by atoms with Gasteiger partial charge in [0.25, 0.3) is 0 Å². The van der Waals surface area contributed by atoms with Crippen LogP contribution in [0.5, 0.6) is 0 Å². The summed E-state index contributed by atoms with van der Waals surface area (Å²) in [5.74, 6) is 0.